The molecule has 1 amide bonds. The number of esters is 1. The average Bonchev–Trinajstić information content (AvgIpc) is 2.97. The standard InChI is InChI=1S/C20H21N3O5S/c1-14(15-7-3-2-4-8-15)22-18(24)13-28-19(25)11-12-21-20-16-9-5-6-10-17(16)29(26,27)23-20/h2-10,14H,11-13H2,1H3,(H,21,23)(H,22,24)/t14-/m1/s1. The maximum Gasteiger partial charge on any atom is 0.308 e. The molecule has 0 fully saturated rings. The minimum atomic E-state index is -3.61. The van der Waals surface area contributed by atoms with Crippen LogP contribution in [0.15, 0.2) is 64.5 Å². The molecule has 0 saturated heterocycles. The molecule has 1 aliphatic heterocycles. The van der Waals surface area contributed by atoms with Gasteiger partial charge in [0.1, 0.15) is 5.84 Å². The minimum absolute atomic E-state index is 0.0348. The molecule has 152 valence electrons. The van der Waals surface area contributed by atoms with E-state index in [9.17, 15) is 18.0 Å². The first-order valence-corrected chi connectivity index (χ1v) is 10.5. The van der Waals surface area contributed by atoms with E-state index in [2.05, 4.69) is 15.0 Å². The molecule has 2 N–H and O–H groups in total. The van der Waals surface area contributed by atoms with Crippen molar-refractivity contribution < 1.29 is 22.7 Å². The summed E-state index contributed by atoms with van der Waals surface area (Å²) in [6.07, 6.45) is -0.0745. The number of carbonyl (C=O) groups excluding carboxylic acids is 2. The van der Waals surface area contributed by atoms with E-state index >= 15 is 0 Å². The predicted octanol–water partition coefficient (Wildman–Crippen LogP) is 1.54. The summed E-state index contributed by atoms with van der Waals surface area (Å²) >= 11 is 0. The number of carbonyl (C=O) groups is 2. The molecule has 8 nitrogen and oxygen atoms in total. The number of amides is 1. The second kappa shape index (κ2) is 8.87. The van der Waals surface area contributed by atoms with Crippen molar-refractivity contribution in [1.82, 2.24) is 10.0 Å². The molecule has 1 atom stereocenters. The van der Waals surface area contributed by atoms with Crippen molar-refractivity contribution in [3.05, 3.63) is 65.7 Å². The smallest absolute Gasteiger partial charge is 0.308 e. The van der Waals surface area contributed by atoms with Crippen LogP contribution in [0.5, 0.6) is 0 Å². The number of benzene rings is 2. The number of nitrogens with zero attached hydrogens (tertiary/aromatic N) is 1. The highest BCUT2D eigenvalue weighted by Gasteiger charge is 2.29. The maximum absolute atomic E-state index is 12.0. The first-order valence-electron chi connectivity index (χ1n) is 9.03. The SMILES string of the molecule is C[C@@H](NC(=O)COC(=O)CCN=C1NS(=O)(=O)c2ccccc21)c1ccccc1. The predicted molar refractivity (Wildman–Crippen MR) is 107 cm³/mol. The van der Waals surface area contributed by atoms with E-state index in [1.54, 1.807) is 18.2 Å². The fourth-order valence-corrected chi connectivity index (χ4v) is 4.09. The van der Waals surface area contributed by atoms with Gasteiger partial charge in [0.05, 0.1) is 23.9 Å². The number of fused-ring (bicyclic) bond motifs is 1. The summed E-state index contributed by atoms with van der Waals surface area (Å²) in [7, 11) is -3.61. The zero-order valence-corrected chi connectivity index (χ0v) is 16.6. The van der Waals surface area contributed by atoms with Crippen molar-refractivity contribution in [2.75, 3.05) is 13.2 Å². The Morgan fingerprint density at radius 1 is 1.10 bits per heavy atom. The molecule has 0 saturated carbocycles. The summed E-state index contributed by atoms with van der Waals surface area (Å²) in [6.45, 7) is 1.49. The van der Waals surface area contributed by atoms with Gasteiger partial charge in [0.15, 0.2) is 6.61 Å². The van der Waals surface area contributed by atoms with Gasteiger partial charge < -0.3 is 10.1 Å². The number of sulfonamides is 1. The van der Waals surface area contributed by atoms with Gasteiger partial charge in [-0.1, -0.05) is 42.5 Å². The molecule has 0 aliphatic carbocycles. The Hall–Kier alpha value is -3.20. The molecule has 0 radical (unpaired) electrons. The monoisotopic (exact) mass is 415 g/mol. The van der Waals surface area contributed by atoms with Crippen LogP contribution in [0.1, 0.15) is 30.5 Å². The Balaban J connectivity index is 1.45. The highest BCUT2D eigenvalue weighted by molar-refractivity contribution is 7.90. The van der Waals surface area contributed by atoms with Crippen LogP contribution in [0.25, 0.3) is 0 Å². The molecule has 0 spiro atoms. The van der Waals surface area contributed by atoms with Crippen LogP contribution in [0.4, 0.5) is 0 Å². The molecule has 1 aliphatic rings. The van der Waals surface area contributed by atoms with E-state index in [1.807, 2.05) is 37.3 Å². The number of hydrogen-bond donors (Lipinski definition) is 2. The lowest BCUT2D eigenvalue weighted by Crippen LogP contribution is -2.31. The molecule has 29 heavy (non-hydrogen) atoms. The molecule has 2 aromatic carbocycles. The van der Waals surface area contributed by atoms with Gasteiger partial charge in [-0.05, 0) is 24.6 Å². The third kappa shape index (κ3) is 5.20. The Morgan fingerprint density at radius 3 is 2.55 bits per heavy atom. The second-order valence-electron chi connectivity index (χ2n) is 6.44. The van der Waals surface area contributed by atoms with Crippen LogP contribution in [0.3, 0.4) is 0 Å². The number of aliphatic imine (C=N–C) groups is 1. The van der Waals surface area contributed by atoms with E-state index in [0.29, 0.717) is 5.56 Å². The Bertz CT molecular complexity index is 1040. The molecular formula is C20H21N3O5S. The first kappa shape index (κ1) is 20.5. The topological polar surface area (TPSA) is 114 Å². The summed E-state index contributed by atoms with van der Waals surface area (Å²) in [6, 6.07) is 15.7. The number of nitrogens with one attached hydrogen (secondary N) is 2. The molecule has 3 rings (SSSR count). The first-order chi connectivity index (χ1) is 13.9. The Morgan fingerprint density at radius 2 is 1.79 bits per heavy atom. The van der Waals surface area contributed by atoms with Gasteiger partial charge in [0.2, 0.25) is 0 Å². The quantitative estimate of drug-likeness (QED) is 0.666. The lowest BCUT2D eigenvalue weighted by atomic mass is 10.1. The number of rotatable bonds is 7. The summed E-state index contributed by atoms with van der Waals surface area (Å²) < 4.78 is 31.3. The van der Waals surface area contributed by atoms with Gasteiger partial charge >= 0.3 is 5.97 Å². The van der Waals surface area contributed by atoms with Crippen molar-refractivity contribution in [3.63, 3.8) is 0 Å². The molecule has 0 bridgehead atoms. The largest absolute Gasteiger partial charge is 0.456 e. The van der Waals surface area contributed by atoms with E-state index in [0.717, 1.165) is 5.56 Å². The van der Waals surface area contributed by atoms with E-state index in [4.69, 9.17) is 4.74 Å². The van der Waals surface area contributed by atoms with E-state index < -0.39 is 21.9 Å². The molecular weight excluding hydrogens is 394 g/mol. The summed E-state index contributed by atoms with van der Waals surface area (Å²) in [5.41, 5.74) is 1.41. The van der Waals surface area contributed by atoms with Gasteiger partial charge in [-0.3, -0.25) is 19.3 Å². The Labute approximate surface area is 169 Å². The van der Waals surface area contributed by atoms with E-state index in [-0.39, 0.29) is 36.3 Å². The fraction of sp³-hybridized carbons (Fsp3) is 0.250. The van der Waals surface area contributed by atoms with Crippen LogP contribution in [0, 0.1) is 0 Å². The van der Waals surface area contributed by atoms with Crippen LogP contribution >= 0.6 is 0 Å². The fourth-order valence-electron chi connectivity index (χ4n) is 2.84. The van der Waals surface area contributed by atoms with Crippen molar-refractivity contribution in [1.29, 1.82) is 0 Å². The van der Waals surface area contributed by atoms with Crippen LogP contribution in [0.2, 0.25) is 0 Å². The highest BCUT2D eigenvalue weighted by atomic mass is 32.2. The minimum Gasteiger partial charge on any atom is -0.456 e. The van der Waals surface area contributed by atoms with Crippen LogP contribution in [-0.4, -0.2) is 39.3 Å². The van der Waals surface area contributed by atoms with Crippen LogP contribution < -0.4 is 10.0 Å². The van der Waals surface area contributed by atoms with Crippen molar-refractivity contribution in [3.8, 4) is 0 Å². The van der Waals surface area contributed by atoms with Gasteiger partial charge in [-0.25, -0.2) is 8.42 Å². The maximum atomic E-state index is 12.0. The summed E-state index contributed by atoms with van der Waals surface area (Å²) in [5, 5.41) is 2.75. The molecule has 1 heterocycles. The molecule has 9 heteroatoms. The normalized spacial score (nSPS) is 16.5. The molecule has 0 unspecified atom stereocenters. The van der Waals surface area contributed by atoms with Crippen molar-refractivity contribution in [2.45, 2.75) is 24.3 Å². The lowest BCUT2D eigenvalue weighted by Gasteiger charge is -2.14. The zero-order valence-electron chi connectivity index (χ0n) is 15.8. The molecule has 0 aromatic heterocycles. The van der Waals surface area contributed by atoms with E-state index in [1.165, 1.54) is 6.07 Å². The van der Waals surface area contributed by atoms with Crippen molar-refractivity contribution >= 4 is 27.7 Å². The molecule has 2 aromatic rings. The average molecular weight is 415 g/mol. The van der Waals surface area contributed by atoms with Gasteiger partial charge in [-0.15, -0.1) is 0 Å². The number of ether oxygens (including phenoxy) is 1. The Kier molecular flexibility index (Phi) is 6.28. The van der Waals surface area contributed by atoms with Crippen LogP contribution in [-0.2, 0) is 24.3 Å². The highest BCUT2D eigenvalue weighted by Crippen LogP contribution is 2.22. The number of amidine groups is 1. The summed E-state index contributed by atoms with van der Waals surface area (Å²) in [5.74, 6) is -0.799. The zero-order chi connectivity index (χ0) is 20.9. The van der Waals surface area contributed by atoms with Crippen molar-refractivity contribution in [2.24, 2.45) is 4.99 Å². The van der Waals surface area contributed by atoms with Gasteiger partial charge in [-0.2, -0.15) is 0 Å². The summed E-state index contributed by atoms with van der Waals surface area (Å²) in [4.78, 5) is 28.1. The lowest BCUT2D eigenvalue weighted by molar-refractivity contribution is -0.148. The number of hydrogen-bond acceptors (Lipinski definition) is 6. The third-order valence-corrected chi connectivity index (χ3v) is 5.69. The van der Waals surface area contributed by atoms with Gasteiger partial charge in [0, 0.05) is 5.56 Å². The van der Waals surface area contributed by atoms with Gasteiger partial charge in [0.25, 0.3) is 15.9 Å². The second-order valence-corrected chi connectivity index (χ2v) is 8.09. The third-order valence-electron chi connectivity index (χ3n) is 4.29.